The molecular weight excluding hydrogens is 390 g/mol. The molecule has 0 aromatic heterocycles. The number of hydrogen-bond acceptors (Lipinski definition) is 4. The lowest BCUT2D eigenvalue weighted by atomic mass is 9.92. The highest BCUT2D eigenvalue weighted by molar-refractivity contribution is 6.30. The van der Waals surface area contributed by atoms with Crippen LogP contribution >= 0.6 is 11.6 Å². The third-order valence-corrected chi connectivity index (χ3v) is 6.12. The molecule has 3 rings (SSSR count). The second kappa shape index (κ2) is 11.0. The number of carbonyl (C=O) groups excluding carboxylic acids is 1. The quantitative estimate of drug-likeness (QED) is 0.621. The Morgan fingerprint density at radius 2 is 1.93 bits per heavy atom. The molecule has 1 N–H and O–H groups in total. The topological polar surface area (TPSA) is 59.0 Å². The van der Waals surface area contributed by atoms with Gasteiger partial charge in [-0.25, -0.2) is 0 Å². The molecule has 0 bridgehead atoms. The molecule has 1 saturated carbocycles. The number of carbonyl (C=O) groups is 1. The summed E-state index contributed by atoms with van der Waals surface area (Å²) < 4.78 is 11.9. The summed E-state index contributed by atoms with van der Waals surface area (Å²) in [5.74, 6) is 0.332. The van der Waals surface area contributed by atoms with Crippen molar-refractivity contribution in [1.29, 1.82) is 0 Å². The normalized spacial score (nSPS) is 22.7. The summed E-state index contributed by atoms with van der Waals surface area (Å²) in [6.07, 6.45) is 9.25. The third-order valence-electron chi connectivity index (χ3n) is 5.87. The van der Waals surface area contributed by atoms with Crippen molar-refractivity contribution in [2.24, 2.45) is 0 Å². The van der Waals surface area contributed by atoms with Gasteiger partial charge in [0, 0.05) is 37.1 Å². The summed E-state index contributed by atoms with van der Waals surface area (Å²) in [7, 11) is 1.88. The van der Waals surface area contributed by atoms with E-state index in [-0.39, 0.29) is 24.5 Å². The van der Waals surface area contributed by atoms with E-state index in [0.717, 1.165) is 24.8 Å². The zero-order valence-corrected chi connectivity index (χ0v) is 17.9. The Hall–Kier alpha value is -1.56. The fraction of sp³-hybridized carbons (Fsp3) is 0.609. The van der Waals surface area contributed by atoms with E-state index < -0.39 is 6.29 Å². The first-order valence-corrected chi connectivity index (χ1v) is 11.1. The number of nitrogens with zero attached hydrogens (tertiary/aromatic N) is 1. The number of ether oxygens (including phenoxy) is 2. The minimum atomic E-state index is -0.474. The molecule has 0 spiro atoms. The summed E-state index contributed by atoms with van der Waals surface area (Å²) in [5, 5.41) is 9.65. The van der Waals surface area contributed by atoms with Crippen LogP contribution < -0.4 is 0 Å². The highest BCUT2D eigenvalue weighted by Gasteiger charge is 2.32. The van der Waals surface area contributed by atoms with Crippen molar-refractivity contribution in [1.82, 2.24) is 4.90 Å². The number of likely N-dealkylation sites (N-methyl/N-ethyl adjacent to an activating group) is 1. The van der Waals surface area contributed by atoms with E-state index in [2.05, 4.69) is 0 Å². The van der Waals surface area contributed by atoms with Crippen molar-refractivity contribution in [3.63, 3.8) is 0 Å². The number of aliphatic hydroxyl groups excluding tert-OH is 1. The molecule has 29 heavy (non-hydrogen) atoms. The van der Waals surface area contributed by atoms with Crippen molar-refractivity contribution >= 4 is 17.5 Å². The zero-order valence-electron chi connectivity index (χ0n) is 17.2. The summed E-state index contributed by atoms with van der Waals surface area (Å²) in [5.41, 5.74) is 1.09. The molecule has 0 saturated heterocycles. The summed E-state index contributed by atoms with van der Waals surface area (Å²) >= 11 is 6.04. The summed E-state index contributed by atoms with van der Waals surface area (Å²) in [6.45, 7) is 0.649. The lowest BCUT2D eigenvalue weighted by Crippen LogP contribution is -2.41. The van der Waals surface area contributed by atoms with Crippen molar-refractivity contribution in [3.05, 3.63) is 46.7 Å². The number of benzene rings is 1. The monoisotopic (exact) mass is 421 g/mol. The van der Waals surface area contributed by atoms with Crippen LogP contribution in [0.25, 0.3) is 0 Å². The van der Waals surface area contributed by atoms with Gasteiger partial charge in [-0.1, -0.05) is 43.0 Å². The van der Waals surface area contributed by atoms with Gasteiger partial charge in [-0.15, -0.1) is 0 Å². The van der Waals surface area contributed by atoms with E-state index in [1.54, 1.807) is 0 Å². The Bertz CT molecular complexity index is 685. The predicted octanol–water partition coefficient (Wildman–Crippen LogP) is 4.63. The lowest BCUT2D eigenvalue weighted by molar-refractivity contribution is -0.153. The van der Waals surface area contributed by atoms with Crippen molar-refractivity contribution in [2.75, 3.05) is 20.3 Å². The Morgan fingerprint density at radius 3 is 2.62 bits per heavy atom. The highest BCUT2D eigenvalue weighted by atomic mass is 35.5. The summed E-state index contributed by atoms with van der Waals surface area (Å²) in [4.78, 5) is 15.0. The number of aliphatic hydroxyl groups is 1. The van der Waals surface area contributed by atoms with Gasteiger partial charge < -0.3 is 19.5 Å². The maximum Gasteiger partial charge on any atom is 0.288 e. The van der Waals surface area contributed by atoms with Crippen LogP contribution in [0.1, 0.15) is 62.8 Å². The fourth-order valence-electron chi connectivity index (χ4n) is 4.09. The maximum absolute atomic E-state index is 13.2. The fourth-order valence-corrected chi connectivity index (χ4v) is 4.22. The summed E-state index contributed by atoms with van der Waals surface area (Å²) in [6, 6.07) is 8.00. The van der Waals surface area contributed by atoms with Gasteiger partial charge in [0.2, 0.25) is 6.29 Å². The van der Waals surface area contributed by atoms with Crippen LogP contribution in [0.5, 0.6) is 0 Å². The zero-order chi connectivity index (χ0) is 20.6. The first-order chi connectivity index (χ1) is 14.1. The predicted molar refractivity (Wildman–Crippen MR) is 114 cm³/mol. The molecule has 1 aliphatic heterocycles. The smallest absolute Gasteiger partial charge is 0.288 e. The molecule has 1 aromatic carbocycles. The Labute approximate surface area is 178 Å². The van der Waals surface area contributed by atoms with Crippen LogP contribution in [0.2, 0.25) is 5.02 Å². The third kappa shape index (κ3) is 6.21. The molecule has 0 radical (unpaired) electrons. The Balaban J connectivity index is 1.74. The highest BCUT2D eigenvalue weighted by Crippen LogP contribution is 2.33. The van der Waals surface area contributed by atoms with Crippen LogP contribution in [0.4, 0.5) is 0 Å². The van der Waals surface area contributed by atoms with Gasteiger partial charge in [0.15, 0.2) is 5.76 Å². The van der Waals surface area contributed by atoms with Crippen molar-refractivity contribution < 1.29 is 19.4 Å². The van der Waals surface area contributed by atoms with Gasteiger partial charge in [0.05, 0.1) is 6.61 Å². The Kier molecular flexibility index (Phi) is 8.40. The van der Waals surface area contributed by atoms with Gasteiger partial charge in [-0.3, -0.25) is 4.79 Å². The van der Waals surface area contributed by atoms with E-state index in [1.807, 2.05) is 42.3 Å². The molecule has 2 aliphatic rings. The molecular formula is C23H32ClNO4. The van der Waals surface area contributed by atoms with Crippen LogP contribution in [-0.4, -0.2) is 48.5 Å². The van der Waals surface area contributed by atoms with Gasteiger partial charge in [-0.05, 0) is 49.5 Å². The molecule has 1 aliphatic carbocycles. The largest absolute Gasteiger partial charge is 0.459 e. The average Bonchev–Trinajstić information content (AvgIpc) is 2.76. The van der Waals surface area contributed by atoms with Crippen molar-refractivity contribution in [2.45, 2.75) is 69.6 Å². The van der Waals surface area contributed by atoms with E-state index in [9.17, 15) is 4.79 Å². The van der Waals surface area contributed by atoms with Crippen LogP contribution in [0, 0.1) is 0 Å². The number of hydrogen-bond donors (Lipinski definition) is 1. The van der Waals surface area contributed by atoms with Gasteiger partial charge >= 0.3 is 0 Å². The number of halogens is 1. The molecule has 1 aromatic rings. The van der Waals surface area contributed by atoms with E-state index in [1.165, 1.54) is 19.3 Å². The van der Waals surface area contributed by atoms with E-state index in [0.29, 0.717) is 30.2 Å². The molecule has 160 valence electrons. The van der Waals surface area contributed by atoms with Gasteiger partial charge in [0.1, 0.15) is 0 Å². The van der Waals surface area contributed by atoms with Crippen LogP contribution in [0.3, 0.4) is 0 Å². The second-order valence-electron chi connectivity index (χ2n) is 7.98. The standard InChI is InChI=1S/C23H32ClNO4/c1-25(20-7-3-2-4-8-20)23(27)21-15-18(17-9-11-19(24)12-10-17)16-22(29-21)28-14-6-5-13-26/h9-12,15,18,20,22,26H,2-8,13-14,16H2,1H3/t18-,22+/m0/s1. The van der Waals surface area contributed by atoms with Gasteiger partial charge in [-0.2, -0.15) is 0 Å². The first-order valence-electron chi connectivity index (χ1n) is 10.7. The minimum absolute atomic E-state index is 0.0302. The molecule has 1 heterocycles. The molecule has 0 unspecified atom stereocenters. The second-order valence-corrected chi connectivity index (χ2v) is 8.42. The number of allylic oxidation sites excluding steroid dienone is 1. The van der Waals surface area contributed by atoms with Crippen LogP contribution in [-0.2, 0) is 14.3 Å². The Morgan fingerprint density at radius 1 is 1.21 bits per heavy atom. The number of unbranched alkanes of at least 4 members (excludes halogenated alkanes) is 1. The number of amides is 1. The van der Waals surface area contributed by atoms with E-state index >= 15 is 0 Å². The molecule has 1 fully saturated rings. The molecule has 2 atom stereocenters. The van der Waals surface area contributed by atoms with Crippen LogP contribution in [0.15, 0.2) is 36.1 Å². The SMILES string of the molecule is CN(C(=O)C1=C[C@H](c2ccc(Cl)cc2)C[C@H](OCCCCO)O1)C1CCCCC1. The van der Waals surface area contributed by atoms with E-state index in [4.69, 9.17) is 26.2 Å². The lowest BCUT2D eigenvalue weighted by Gasteiger charge is -2.34. The maximum atomic E-state index is 13.2. The minimum Gasteiger partial charge on any atom is -0.459 e. The number of rotatable bonds is 8. The molecule has 5 nitrogen and oxygen atoms in total. The van der Waals surface area contributed by atoms with Crippen molar-refractivity contribution in [3.8, 4) is 0 Å². The first kappa shape index (κ1) is 22.1. The molecule has 6 heteroatoms. The molecule has 1 amide bonds. The average molecular weight is 422 g/mol. The van der Waals surface area contributed by atoms with Gasteiger partial charge in [0.25, 0.3) is 5.91 Å².